The van der Waals surface area contributed by atoms with Gasteiger partial charge >= 0.3 is 0 Å². The zero-order chi connectivity index (χ0) is 11.2. The summed E-state index contributed by atoms with van der Waals surface area (Å²) in [7, 11) is 0. The maximum absolute atomic E-state index is 4.56. The van der Waals surface area contributed by atoms with Gasteiger partial charge in [0.1, 0.15) is 5.01 Å². The van der Waals surface area contributed by atoms with Gasteiger partial charge in [-0.05, 0) is 13.0 Å². The number of nitrogens with one attached hydrogen (secondary N) is 1. The molecule has 0 aliphatic rings. The summed E-state index contributed by atoms with van der Waals surface area (Å²) in [5.74, 6) is 0. The molecule has 4 nitrogen and oxygen atoms in total. The highest BCUT2D eigenvalue weighted by molar-refractivity contribution is 7.09. The molecule has 2 aromatic heterocycles. The van der Waals surface area contributed by atoms with Gasteiger partial charge in [0.25, 0.3) is 0 Å². The predicted molar refractivity (Wildman–Crippen MR) is 65.4 cm³/mol. The summed E-state index contributed by atoms with van der Waals surface area (Å²) in [5.41, 5.74) is 1.11. The van der Waals surface area contributed by atoms with Gasteiger partial charge in [0, 0.05) is 24.3 Å². The second-order valence-corrected chi connectivity index (χ2v) is 4.59. The molecule has 0 spiro atoms. The summed E-state index contributed by atoms with van der Waals surface area (Å²) >= 11 is 1.71. The zero-order valence-electron chi connectivity index (χ0n) is 9.39. The summed E-state index contributed by atoms with van der Waals surface area (Å²) < 4.78 is 2.03. The van der Waals surface area contributed by atoms with Crippen molar-refractivity contribution >= 4 is 11.3 Å². The lowest BCUT2D eigenvalue weighted by Crippen LogP contribution is -2.13. The van der Waals surface area contributed by atoms with E-state index < -0.39 is 0 Å². The van der Waals surface area contributed by atoms with Crippen molar-refractivity contribution in [3.05, 3.63) is 34.8 Å². The summed E-state index contributed by atoms with van der Waals surface area (Å²) in [6.07, 6.45) is 6.71. The van der Waals surface area contributed by atoms with Crippen molar-refractivity contribution in [1.29, 1.82) is 0 Å². The van der Waals surface area contributed by atoms with E-state index in [2.05, 4.69) is 27.6 Å². The fraction of sp³-hybridized carbons (Fsp3) is 0.455. The molecule has 0 bridgehead atoms. The maximum atomic E-state index is 4.56. The van der Waals surface area contributed by atoms with Gasteiger partial charge in [-0.15, -0.1) is 11.3 Å². The van der Waals surface area contributed by atoms with E-state index in [9.17, 15) is 0 Å². The molecule has 0 radical (unpaired) electrons. The van der Waals surface area contributed by atoms with Crippen LogP contribution in [0.15, 0.2) is 24.1 Å². The monoisotopic (exact) mass is 236 g/mol. The Balaban J connectivity index is 1.87. The molecular formula is C11H16N4S. The van der Waals surface area contributed by atoms with Crippen LogP contribution >= 0.6 is 11.3 Å². The second kappa shape index (κ2) is 5.77. The SMILES string of the molecule is CCCNCc1nc(Cn2ccnc2)cs1. The molecule has 0 aliphatic heterocycles. The summed E-state index contributed by atoms with van der Waals surface area (Å²) in [6, 6.07) is 0. The van der Waals surface area contributed by atoms with Crippen molar-refractivity contribution < 1.29 is 0 Å². The molecule has 0 aromatic carbocycles. The lowest BCUT2D eigenvalue weighted by atomic mass is 10.4. The summed E-state index contributed by atoms with van der Waals surface area (Å²) in [4.78, 5) is 8.58. The molecule has 0 unspecified atom stereocenters. The quantitative estimate of drug-likeness (QED) is 0.779. The third-order valence-electron chi connectivity index (χ3n) is 2.21. The Morgan fingerprint density at radius 3 is 3.19 bits per heavy atom. The summed E-state index contributed by atoms with van der Waals surface area (Å²) in [5, 5.41) is 6.62. The first-order valence-corrected chi connectivity index (χ1v) is 6.36. The molecule has 2 aromatic rings. The standard InChI is InChI=1S/C11H16N4S/c1-2-3-12-6-11-14-10(8-16-11)7-15-5-4-13-9-15/h4-5,8-9,12H,2-3,6-7H2,1H3. The smallest absolute Gasteiger partial charge is 0.107 e. The number of thiazole rings is 1. The van der Waals surface area contributed by atoms with E-state index >= 15 is 0 Å². The van der Waals surface area contributed by atoms with E-state index in [0.29, 0.717) is 0 Å². The lowest BCUT2D eigenvalue weighted by Gasteiger charge is -1.99. The number of aromatic nitrogens is 3. The highest BCUT2D eigenvalue weighted by Crippen LogP contribution is 2.10. The minimum Gasteiger partial charge on any atom is -0.331 e. The van der Waals surface area contributed by atoms with Crippen LogP contribution in [0.1, 0.15) is 24.0 Å². The second-order valence-electron chi connectivity index (χ2n) is 3.64. The topological polar surface area (TPSA) is 42.7 Å². The van der Waals surface area contributed by atoms with E-state index in [1.807, 2.05) is 17.1 Å². The highest BCUT2D eigenvalue weighted by Gasteiger charge is 2.01. The van der Waals surface area contributed by atoms with Crippen LogP contribution in [0.25, 0.3) is 0 Å². The van der Waals surface area contributed by atoms with Crippen LogP contribution in [0.4, 0.5) is 0 Å². The third-order valence-corrected chi connectivity index (χ3v) is 3.10. The van der Waals surface area contributed by atoms with Crippen LogP contribution in [-0.2, 0) is 13.1 Å². The highest BCUT2D eigenvalue weighted by atomic mass is 32.1. The van der Waals surface area contributed by atoms with Gasteiger partial charge < -0.3 is 9.88 Å². The Hall–Kier alpha value is -1.20. The van der Waals surface area contributed by atoms with E-state index in [0.717, 1.165) is 36.8 Å². The van der Waals surface area contributed by atoms with E-state index in [-0.39, 0.29) is 0 Å². The minimum absolute atomic E-state index is 0.810. The number of imidazole rings is 1. The van der Waals surface area contributed by atoms with Crippen LogP contribution < -0.4 is 5.32 Å². The fourth-order valence-corrected chi connectivity index (χ4v) is 2.20. The van der Waals surface area contributed by atoms with Gasteiger partial charge in [-0.2, -0.15) is 0 Å². The van der Waals surface area contributed by atoms with Gasteiger partial charge in [-0.3, -0.25) is 0 Å². The van der Waals surface area contributed by atoms with Crippen LogP contribution in [0.3, 0.4) is 0 Å². The van der Waals surface area contributed by atoms with Gasteiger partial charge in [0.05, 0.1) is 18.6 Å². The molecule has 86 valence electrons. The van der Waals surface area contributed by atoms with Crippen LogP contribution in [0, 0.1) is 0 Å². The van der Waals surface area contributed by atoms with Crippen molar-refractivity contribution in [2.24, 2.45) is 0 Å². The average molecular weight is 236 g/mol. The molecule has 0 saturated heterocycles. The molecule has 5 heteroatoms. The normalized spacial score (nSPS) is 10.8. The molecule has 0 aliphatic carbocycles. The van der Waals surface area contributed by atoms with E-state index in [1.165, 1.54) is 0 Å². The molecule has 2 rings (SSSR count). The van der Waals surface area contributed by atoms with Gasteiger partial charge in [-0.1, -0.05) is 6.92 Å². The number of hydrogen-bond acceptors (Lipinski definition) is 4. The zero-order valence-corrected chi connectivity index (χ0v) is 10.2. The van der Waals surface area contributed by atoms with Crippen LogP contribution in [0.2, 0.25) is 0 Å². The molecule has 1 N–H and O–H groups in total. The Bertz CT molecular complexity index is 407. The first-order chi connectivity index (χ1) is 7.88. The van der Waals surface area contributed by atoms with Crippen molar-refractivity contribution in [2.75, 3.05) is 6.54 Å². The first-order valence-electron chi connectivity index (χ1n) is 5.48. The lowest BCUT2D eigenvalue weighted by molar-refractivity contribution is 0.669. The Morgan fingerprint density at radius 1 is 1.50 bits per heavy atom. The average Bonchev–Trinajstić information content (AvgIpc) is 2.91. The molecule has 0 saturated carbocycles. The van der Waals surface area contributed by atoms with Crippen molar-refractivity contribution in [2.45, 2.75) is 26.4 Å². The fourth-order valence-electron chi connectivity index (χ4n) is 1.44. The van der Waals surface area contributed by atoms with Gasteiger partial charge in [0.2, 0.25) is 0 Å². The first kappa shape index (κ1) is 11.3. The largest absolute Gasteiger partial charge is 0.331 e. The minimum atomic E-state index is 0.810. The molecule has 2 heterocycles. The molecule has 0 fully saturated rings. The predicted octanol–water partition coefficient (Wildman–Crippen LogP) is 1.89. The summed E-state index contributed by atoms with van der Waals surface area (Å²) in [6.45, 7) is 4.91. The van der Waals surface area contributed by atoms with E-state index in [4.69, 9.17) is 0 Å². The number of rotatable bonds is 6. The van der Waals surface area contributed by atoms with Crippen molar-refractivity contribution in [3.63, 3.8) is 0 Å². The van der Waals surface area contributed by atoms with Crippen molar-refractivity contribution in [3.8, 4) is 0 Å². The Kier molecular flexibility index (Phi) is 4.07. The van der Waals surface area contributed by atoms with Gasteiger partial charge in [0.15, 0.2) is 0 Å². The Labute approximate surface area is 99.4 Å². The molecular weight excluding hydrogens is 220 g/mol. The molecule has 0 atom stereocenters. The van der Waals surface area contributed by atoms with Crippen LogP contribution in [-0.4, -0.2) is 21.1 Å². The van der Waals surface area contributed by atoms with E-state index in [1.54, 1.807) is 17.5 Å². The third kappa shape index (κ3) is 3.15. The van der Waals surface area contributed by atoms with Crippen molar-refractivity contribution in [1.82, 2.24) is 19.9 Å². The molecule has 16 heavy (non-hydrogen) atoms. The number of hydrogen-bond donors (Lipinski definition) is 1. The molecule has 0 amide bonds. The number of nitrogens with zero attached hydrogens (tertiary/aromatic N) is 3. The van der Waals surface area contributed by atoms with Crippen LogP contribution in [0.5, 0.6) is 0 Å². The maximum Gasteiger partial charge on any atom is 0.107 e. The Morgan fingerprint density at radius 2 is 2.44 bits per heavy atom. The van der Waals surface area contributed by atoms with Gasteiger partial charge in [-0.25, -0.2) is 9.97 Å².